The van der Waals surface area contributed by atoms with Gasteiger partial charge in [-0.3, -0.25) is 9.48 Å². The fourth-order valence-corrected chi connectivity index (χ4v) is 4.90. The number of phenolic OH excluding ortho intramolecular Hbond substituents is 1. The second-order valence-electron chi connectivity index (χ2n) is 8.53. The van der Waals surface area contributed by atoms with Gasteiger partial charge in [0.15, 0.2) is 10.9 Å². The van der Waals surface area contributed by atoms with E-state index in [0.717, 1.165) is 12.0 Å². The van der Waals surface area contributed by atoms with Crippen molar-refractivity contribution >= 4 is 39.9 Å². The van der Waals surface area contributed by atoms with Gasteiger partial charge in [0.2, 0.25) is 0 Å². The summed E-state index contributed by atoms with van der Waals surface area (Å²) >= 11 is 1.22. The van der Waals surface area contributed by atoms with Gasteiger partial charge < -0.3 is 25.5 Å². The van der Waals surface area contributed by atoms with Crippen LogP contribution in [0.15, 0.2) is 30.6 Å². The Morgan fingerprint density at radius 1 is 1.23 bits per heavy atom. The van der Waals surface area contributed by atoms with Crippen LogP contribution in [0.2, 0.25) is 0 Å². The van der Waals surface area contributed by atoms with Gasteiger partial charge in [0.25, 0.3) is 5.91 Å². The summed E-state index contributed by atoms with van der Waals surface area (Å²) in [5.41, 5.74) is 2.09. The Labute approximate surface area is 208 Å². The number of aromatic nitrogens is 3. The highest BCUT2D eigenvalue weighted by Gasteiger charge is 2.30. The molecule has 10 nitrogen and oxygen atoms in total. The van der Waals surface area contributed by atoms with Crippen LogP contribution in [0.1, 0.15) is 47.1 Å². The maximum Gasteiger partial charge on any atom is 0.320 e. The molecule has 1 aromatic carbocycles. The van der Waals surface area contributed by atoms with Gasteiger partial charge in [0.05, 0.1) is 17.9 Å². The fourth-order valence-electron chi connectivity index (χ4n) is 4.18. The number of carbonyl (C=O) groups excluding carboxylic acids is 2. The number of benzene rings is 1. The number of carbonyl (C=O) groups is 2. The lowest BCUT2D eigenvalue weighted by atomic mass is 10.1. The molecule has 1 fully saturated rings. The van der Waals surface area contributed by atoms with Gasteiger partial charge in [-0.2, -0.15) is 5.10 Å². The topological polar surface area (TPSA) is 116 Å². The zero-order valence-electron chi connectivity index (χ0n) is 20.4. The van der Waals surface area contributed by atoms with Crippen molar-refractivity contribution in [3.8, 4) is 5.75 Å². The van der Waals surface area contributed by atoms with E-state index in [4.69, 9.17) is 0 Å². The number of nitrogens with one attached hydrogen (secondary N) is 2. The largest absolute Gasteiger partial charge is 0.508 e. The summed E-state index contributed by atoms with van der Waals surface area (Å²) in [6, 6.07) is 5.43. The standard InChI is InChI=1S/C24H31N7O3S/c1-5-29(6-2)24(34)30-11-9-17(14-30)31-12-10-20(28-31)26-23-25-13-19(35-23)22(33)27-21-15(3)7-8-18(32)16(21)4/h7-8,10,12-13,17,32H,5-6,9,11,14H2,1-4H3,(H,27,33)(H,25,26,28)/t17-/m1/s1. The number of hydrogen-bond donors (Lipinski definition) is 3. The summed E-state index contributed by atoms with van der Waals surface area (Å²) in [5, 5.41) is 21.1. The lowest BCUT2D eigenvalue weighted by molar-refractivity contribution is 0.103. The molecule has 1 atom stereocenters. The molecule has 0 bridgehead atoms. The van der Waals surface area contributed by atoms with Crippen molar-refractivity contribution in [2.45, 2.75) is 40.2 Å². The first kappa shape index (κ1) is 24.5. The minimum atomic E-state index is -0.290. The van der Waals surface area contributed by atoms with Crippen molar-refractivity contribution in [1.82, 2.24) is 24.6 Å². The van der Waals surface area contributed by atoms with Gasteiger partial charge in [0, 0.05) is 44.0 Å². The Bertz CT molecular complexity index is 1220. The number of aryl methyl sites for hydroxylation is 1. The number of likely N-dealkylation sites (tertiary alicyclic amines) is 1. The Hall–Kier alpha value is -3.60. The first-order valence-electron chi connectivity index (χ1n) is 11.7. The molecule has 3 heterocycles. The summed E-state index contributed by atoms with van der Waals surface area (Å²) in [5.74, 6) is 0.470. The number of urea groups is 1. The molecule has 35 heavy (non-hydrogen) atoms. The molecule has 3 amide bonds. The first-order valence-corrected chi connectivity index (χ1v) is 12.5. The minimum Gasteiger partial charge on any atom is -0.508 e. The van der Waals surface area contributed by atoms with E-state index in [1.165, 1.54) is 17.5 Å². The van der Waals surface area contributed by atoms with Crippen molar-refractivity contribution in [2.75, 3.05) is 36.8 Å². The maximum absolute atomic E-state index is 12.7. The van der Waals surface area contributed by atoms with Crippen molar-refractivity contribution < 1.29 is 14.7 Å². The van der Waals surface area contributed by atoms with Crippen LogP contribution in [-0.2, 0) is 0 Å². The Morgan fingerprint density at radius 3 is 2.74 bits per heavy atom. The van der Waals surface area contributed by atoms with E-state index in [-0.39, 0.29) is 23.7 Å². The molecule has 4 rings (SSSR count). The SMILES string of the molecule is CCN(CC)C(=O)N1CC[C@@H](n2ccc(Nc3ncc(C(=O)Nc4c(C)ccc(O)c4C)s3)n2)C1. The second-order valence-corrected chi connectivity index (χ2v) is 9.57. The van der Waals surface area contributed by atoms with Crippen LogP contribution in [0, 0.1) is 13.8 Å². The lowest BCUT2D eigenvalue weighted by Crippen LogP contribution is -2.42. The molecule has 1 aliphatic heterocycles. The van der Waals surface area contributed by atoms with Gasteiger partial charge in [-0.15, -0.1) is 0 Å². The van der Waals surface area contributed by atoms with Gasteiger partial charge in [-0.25, -0.2) is 9.78 Å². The Kier molecular flexibility index (Phi) is 7.25. The Balaban J connectivity index is 1.37. The summed E-state index contributed by atoms with van der Waals surface area (Å²) in [7, 11) is 0. The van der Waals surface area contributed by atoms with Crippen molar-refractivity contribution in [3.05, 3.63) is 46.6 Å². The predicted octanol–water partition coefficient (Wildman–Crippen LogP) is 4.37. The van der Waals surface area contributed by atoms with E-state index >= 15 is 0 Å². The van der Waals surface area contributed by atoms with Crippen molar-refractivity contribution in [3.63, 3.8) is 0 Å². The van der Waals surface area contributed by atoms with Crippen LogP contribution < -0.4 is 10.6 Å². The molecule has 0 radical (unpaired) electrons. The summed E-state index contributed by atoms with van der Waals surface area (Å²) in [6.07, 6.45) is 4.26. The van der Waals surface area contributed by atoms with E-state index in [1.807, 2.05) is 47.5 Å². The molecule has 1 saturated heterocycles. The van der Waals surface area contributed by atoms with Crippen molar-refractivity contribution in [1.29, 1.82) is 0 Å². The number of amides is 3. The zero-order valence-corrected chi connectivity index (χ0v) is 21.2. The second kappa shape index (κ2) is 10.3. The highest BCUT2D eigenvalue weighted by molar-refractivity contribution is 7.17. The molecule has 0 saturated carbocycles. The van der Waals surface area contributed by atoms with Gasteiger partial charge in [-0.05, 0) is 45.7 Å². The molecular weight excluding hydrogens is 466 g/mol. The summed E-state index contributed by atoms with van der Waals surface area (Å²) in [4.78, 5) is 33.8. The molecule has 11 heteroatoms. The third-order valence-electron chi connectivity index (χ3n) is 6.30. The van der Waals surface area contributed by atoms with Crippen LogP contribution in [0.5, 0.6) is 5.75 Å². The zero-order chi connectivity index (χ0) is 25.1. The third kappa shape index (κ3) is 5.24. The van der Waals surface area contributed by atoms with E-state index in [2.05, 4.69) is 20.7 Å². The number of thiazole rings is 1. The average Bonchev–Trinajstić information content (AvgIpc) is 3.61. The quantitative estimate of drug-likeness (QED) is 0.447. The number of phenols is 1. The normalized spacial score (nSPS) is 15.3. The number of aromatic hydroxyl groups is 1. The predicted molar refractivity (Wildman–Crippen MR) is 137 cm³/mol. The van der Waals surface area contributed by atoms with Gasteiger partial charge in [0.1, 0.15) is 10.6 Å². The fraction of sp³-hybridized carbons (Fsp3) is 0.417. The molecule has 2 aromatic heterocycles. The molecule has 3 N–H and O–H groups in total. The van der Waals surface area contributed by atoms with Gasteiger partial charge in [-0.1, -0.05) is 17.4 Å². The Morgan fingerprint density at radius 2 is 2.00 bits per heavy atom. The molecule has 0 unspecified atom stereocenters. The first-order chi connectivity index (χ1) is 16.8. The van der Waals surface area contributed by atoms with E-state index in [9.17, 15) is 14.7 Å². The molecule has 1 aliphatic rings. The van der Waals surface area contributed by atoms with E-state index in [1.54, 1.807) is 19.1 Å². The monoisotopic (exact) mass is 497 g/mol. The van der Waals surface area contributed by atoms with Gasteiger partial charge >= 0.3 is 6.03 Å². The number of hydrogen-bond acceptors (Lipinski definition) is 7. The number of nitrogens with zero attached hydrogens (tertiary/aromatic N) is 5. The highest BCUT2D eigenvalue weighted by Crippen LogP contribution is 2.30. The lowest BCUT2D eigenvalue weighted by Gasteiger charge is -2.25. The summed E-state index contributed by atoms with van der Waals surface area (Å²) in [6.45, 7) is 10.4. The van der Waals surface area contributed by atoms with E-state index in [0.29, 0.717) is 53.3 Å². The van der Waals surface area contributed by atoms with Crippen LogP contribution in [0.4, 0.5) is 21.4 Å². The molecule has 186 valence electrons. The summed E-state index contributed by atoms with van der Waals surface area (Å²) < 4.78 is 1.88. The number of rotatable bonds is 7. The molecular formula is C24H31N7O3S. The van der Waals surface area contributed by atoms with E-state index < -0.39 is 0 Å². The van der Waals surface area contributed by atoms with Crippen molar-refractivity contribution in [2.24, 2.45) is 0 Å². The minimum absolute atomic E-state index is 0.0766. The molecule has 0 aliphatic carbocycles. The molecule has 3 aromatic rings. The van der Waals surface area contributed by atoms with Crippen LogP contribution in [0.3, 0.4) is 0 Å². The maximum atomic E-state index is 12.7. The van der Waals surface area contributed by atoms with Crippen LogP contribution >= 0.6 is 11.3 Å². The third-order valence-corrected chi connectivity index (χ3v) is 7.21. The average molecular weight is 498 g/mol. The smallest absolute Gasteiger partial charge is 0.320 e. The van der Waals surface area contributed by atoms with Crippen LogP contribution in [-0.4, -0.2) is 67.8 Å². The van der Waals surface area contributed by atoms with Crippen LogP contribution in [0.25, 0.3) is 0 Å². The molecule has 0 spiro atoms. The number of anilines is 3. The highest BCUT2D eigenvalue weighted by atomic mass is 32.1.